The molecule has 102 valence electrons. The summed E-state index contributed by atoms with van der Waals surface area (Å²) in [7, 11) is 0. The van der Waals surface area contributed by atoms with Crippen molar-refractivity contribution in [1.29, 1.82) is 0 Å². The molecule has 1 heterocycles. The van der Waals surface area contributed by atoms with E-state index in [0.29, 0.717) is 5.69 Å². The molecular weight excluding hydrogens is 262 g/mol. The van der Waals surface area contributed by atoms with Gasteiger partial charge in [-0.05, 0) is 25.0 Å². The molecule has 0 bridgehead atoms. The van der Waals surface area contributed by atoms with Gasteiger partial charge in [-0.25, -0.2) is 4.79 Å². The molecule has 1 aliphatic rings. The normalized spacial score (nSPS) is 20.3. The number of carboxylic acids is 1. The molecule has 4 nitrogen and oxygen atoms in total. The smallest absolute Gasteiger partial charge is 0.327 e. The van der Waals surface area contributed by atoms with Gasteiger partial charge in [0.15, 0.2) is 0 Å². The number of para-hydroxylation sites is 1. The van der Waals surface area contributed by atoms with Gasteiger partial charge in [-0.1, -0.05) is 26.0 Å². The van der Waals surface area contributed by atoms with E-state index in [4.69, 9.17) is 0 Å². The van der Waals surface area contributed by atoms with Crippen LogP contribution in [0.5, 0.6) is 0 Å². The van der Waals surface area contributed by atoms with Crippen LogP contribution in [-0.4, -0.2) is 28.3 Å². The fourth-order valence-electron chi connectivity index (χ4n) is 2.29. The van der Waals surface area contributed by atoms with Crippen LogP contribution in [0.2, 0.25) is 0 Å². The van der Waals surface area contributed by atoms with Gasteiger partial charge in [0.2, 0.25) is 5.91 Å². The monoisotopic (exact) mass is 279 g/mol. The van der Waals surface area contributed by atoms with Gasteiger partial charge in [0.25, 0.3) is 0 Å². The number of thioether (sulfide) groups is 1. The lowest BCUT2D eigenvalue weighted by atomic mass is 10.0. The number of carbonyl (C=O) groups excluding carboxylic acids is 1. The Morgan fingerprint density at radius 3 is 2.58 bits per heavy atom. The molecule has 19 heavy (non-hydrogen) atoms. The Bertz CT molecular complexity index is 515. The molecule has 1 amide bonds. The summed E-state index contributed by atoms with van der Waals surface area (Å²) in [5.41, 5.74) is 0.705. The Balaban J connectivity index is 2.53. The zero-order valence-corrected chi connectivity index (χ0v) is 12.0. The summed E-state index contributed by atoms with van der Waals surface area (Å²) in [6.07, 6.45) is 0. The van der Waals surface area contributed by atoms with Crippen molar-refractivity contribution in [3.63, 3.8) is 0 Å². The number of rotatable bonds is 3. The third kappa shape index (κ3) is 2.47. The van der Waals surface area contributed by atoms with Gasteiger partial charge in [-0.3, -0.25) is 9.69 Å². The second-order valence-corrected chi connectivity index (χ2v) is 6.35. The first kappa shape index (κ1) is 13.9. The van der Waals surface area contributed by atoms with E-state index in [0.717, 1.165) is 4.90 Å². The molecule has 0 aromatic heterocycles. The number of nitrogens with zero attached hydrogens (tertiary/aromatic N) is 1. The second-order valence-electron chi connectivity index (χ2n) is 4.96. The van der Waals surface area contributed by atoms with E-state index in [-0.39, 0.29) is 17.1 Å². The lowest BCUT2D eigenvalue weighted by molar-refractivity contribution is -0.141. The number of carboxylic acid groups (broad SMARTS) is 1. The van der Waals surface area contributed by atoms with E-state index in [2.05, 4.69) is 0 Å². The van der Waals surface area contributed by atoms with E-state index in [1.807, 2.05) is 45.0 Å². The van der Waals surface area contributed by atoms with Crippen LogP contribution in [0, 0.1) is 5.92 Å². The summed E-state index contributed by atoms with van der Waals surface area (Å²) in [4.78, 5) is 26.3. The van der Waals surface area contributed by atoms with E-state index in [1.165, 1.54) is 16.7 Å². The number of aliphatic carboxylic acids is 1. The van der Waals surface area contributed by atoms with Crippen LogP contribution in [0.3, 0.4) is 0 Å². The number of hydrogen-bond donors (Lipinski definition) is 1. The van der Waals surface area contributed by atoms with Crippen LogP contribution in [-0.2, 0) is 9.59 Å². The molecule has 0 fully saturated rings. The van der Waals surface area contributed by atoms with Gasteiger partial charge in [0.05, 0.1) is 10.9 Å². The van der Waals surface area contributed by atoms with Crippen LogP contribution in [0.4, 0.5) is 5.69 Å². The molecule has 0 spiro atoms. The minimum absolute atomic E-state index is 0.134. The standard InChI is InChI=1S/C14H17NO3S/c1-8(2)12(14(17)18)15-10-6-4-5-7-11(10)19-9(3)13(15)16/h4-9,12H,1-3H3,(H,17,18). The number of benzene rings is 1. The average molecular weight is 279 g/mol. The molecule has 1 aromatic carbocycles. The fourth-order valence-corrected chi connectivity index (χ4v) is 3.33. The van der Waals surface area contributed by atoms with Gasteiger partial charge < -0.3 is 5.11 Å². The van der Waals surface area contributed by atoms with Crippen LogP contribution in [0.15, 0.2) is 29.2 Å². The highest BCUT2D eigenvalue weighted by Crippen LogP contribution is 2.40. The fraction of sp³-hybridized carbons (Fsp3) is 0.429. The Morgan fingerprint density at radius 1 is 1.37 bits per heavy atom. The minimum atomic E-state index is -0.961. The van der Waals surface area contributed by atoms with E-state index in [9.17, 15) is 14.7 Å². The van der Waals surface area contributed by atoms with Crippen LogP contribution >= 0.6 is 11.8 Å². The topological polar surface area (TPSA) is 57.6 Å². The van der Waals surface area contributed by atoms with Crippen molar-refractivity contribution >= 4 is 29.3 Å². The van der Waals surface area contributed by atoms with Crippen molar-refractivity contribution in [2.45, 2.75) is 37.0 Å². The highest BCUT2D eigenvalue weighted by Gasteiger charge is 2.39. The number of hydrogen-bond acceptors (Lipinski definition) is 3. The zero-order valence-electron chi connectivity index (χ0n) is 11.2. The molecule has 0 radical (unpaired) electrons. The molecule has 0 saturated carbocycles. The van der Waals surface area contributed by atoms with Crippen molar-refractivity contribution in [2.24, 2.45) is 5.92 Å². The van der Waals surface area contributed by atoms with E-state index in [1.54, 1.807) is 0 Å². The lowest BCUT2D eigenvalue weighted by Gasteiger charge is -2.37. The minimum Gasteiger partial charge on any atom is -0.480 e. The predicted octanol–water partition coefficient (Wildman–Crippen LogP) is 2.62. The maximum atomic E-state index is 12.4. The maximum Gasteiger partial charge on any atom is 0.327 e. The first-order chi connectivity index (χ1) is 8.93. The Labute approximate surface area is 116 Å². The average Bonchev–Trinajstić information content (AvgIpc) is 2.33. The summed E-state index contributed by atoms with van der Waals surface area (Å²) in [5.74, 6) is -1.24. The molecule has 2 rings (SSSR count). The summed E-state index contributed by atoms with van der Waals surface area (Å²) in [5, 5.41) is 9.17. The molecule has 0 aliphatic carbocycles. The first-order valence-corrected chi connectivity index (χ1v) is 7.13. The number of anilines is 1. The Morgan fingerprint density at radius 2 is 2.00 bits per heavy atom. The molecule has 1 N–H and O–H groups in total. The van der Waals surface area contributed by atoms with Crippen LogP contribution in [0.25, 0.3) is 0 Å². The quantitative estimate of drug-likeness (QED) is 0.924. The molecule has 1 aromatic rings. The second kappa shape index (κ2) is 5.25. The highest BCUT2D eigenvalue weighted by molar-refractivity contribution is 8.01. The van der Waals surface area contributed by atoms with Crippen molar-refractivity contribution in [1.82, 2.24) is 0 Å². The van der Waals surface area contributed by atoms with Gasteiger partial charge >= 0.3 is 5.97 Å². The Hall–Kier alpha value is -1.49. The lowest BCUT2D eigenvalue weighted by Crippen LogP contribution is -2.52. The molecule has 2 unspecified atom stereocenters. The third-order valence-electron chi connectivity index (χ3n) is 3.18. The van der Waals surface area contributed by atoms with Gasteiger partial charge in [-0.2, -0.15) is 0 Å². The Kier molecular flexibility index (Phi) is 3.85. The largest absolute Gasteiger partial charge is 0.480 e. The summed E-state index contributed by atoms with van der Waals surface area (Å²) in [6, 6.07) is 6.64. The zero-order chi connectivity index (χ0) is 14.2. The van der Waals surface area contributed by atoms with Crippen molar-refractivity contribution < 1.29 is 14.7 Å². The van der Waals surface area contributed by atoms with E-state index >= 15 is 0 Å². The molecular formula is C14H17NO3S. The van der Waals surface area contributed by atoms with E-state index < -0.39 is 12.0 Å². The summed E-state index contributed by atoms with van der Waals surface area (Å²) >= 11 is 1.48. The highest BCUT2D eigenvalue weighted by atomic mass is 32.2. The first-order valence-electron chi connectivity index (χ1n) is 6.25. The van der Waals surface area contributed by atoms with Crippen LogP contribution in [0.1, 0.15) is 20.8 Å². The number of amides is 1. The molecule has 1 aliphatic heterocycles. The number of fused-ring (bicyclic) bond motifs is 1. The maximum absolute atomic E-state index is 12.4. The number of carbonyl (C=O) groups is 2. The third-order valence-corrected chi connectivity index (χ3v) is 4.33. The van der Waals surface area contributed by atoms with Gasteiger partial charge in [-0.15, -0.1) is 11.8 Å². The molecule has 0 saturated heterocycles. The predicted molar refractivity (Wildman–Crippen MR) is 75.5 cm³/mol. The van der Waals surface area contributed by atoms with Crippen molar-refractivity contribution in [3.05, 3.63) is 24.3 Å². The molecule has 5 heteroatoms. The van der Waals surface area contributed by atoms with Crippen LogP contribution < -0.4 is 4.90 Å². The van der Waals surface area contributed by atoms with Crippen molar-refractivity contribution in [3.8, 4) is 0 Å². The summed E-state index contributed by atoms with van der Waals surface area (Å²) in [6.45, 7) is 5.46. The SMILES string of the molecule is CC1Sc2ccccc2N(C(C(=O)O)C(C)C)C1=O. The molecule has 2 atom stereocenters. The van der Waals surface area contributed by atoms with Crippen molar-refractivity contribution in [2.75, 3.05) is 4.90 Å². The van der Waals surface area contributed by atoms with Gasteiger partial charge in [0, 0.05) is 4.90 Å². The van der Waals surface area contributed by atoms with Gasteiger partial charge in [0.1, 0.15) is 6.04 Å². The summed E-state index contributed by atoms with van der Waals surface area (Å²) < 4.78 is 0.